The quantitative estimate of drug-likeness (QED) is 0.485. The van der Waals surface area contributed by atoms with Gasteiger partial charge in [-0.1, -0.05) is 5.16 Å². The van der Waals surface area contributed by atoms with Gasteiger partial charge in [0.1, 0.15) is 11.2 Å². The number of carboxylic acids is 1. The van der Waals surface area contributed by atoms with Gasteiger partial charge in [0.15, 0.2) is 0 Å². The number of oxime groups is 1. The van der Waals surface area contributed by atoms with E-state index in [0.717, 1.165) is 6.21 Å². The Kier molecular flexibility index (Phi) is 3.28. The maximum atomic E-state index is 12.0. The number of aromatic nitrogens is 2. The third kappa shape index (κ3) is 2.17. The van der Waals surface area contributed by atoms with Crippen molar-refractivity contribution in [1.29, 1.82) is 0 Å². The summed E-state index contributed by atoms with van der Waals surface area (Å²) in [6.07, 6.45) is 2.40. The van der Waals surface area contributed by atoms with E-state index in [-0.39, 0.29) is 10.9 Å². The summed E-state index contributed by atoms with van der Waals surface area (Å²) in [7, 11) is 0. The highest BCUT2D eigenvalue weighted by molar-refractivity contribution is 5.92. The van der Waals surface area contributed by atoms with Crippen molar-refractivity contribution in [2.75, 3.05) is 0 Å². The number of hydrogen-bond acceptors (Lipinski definition) is 5. The molecule has 2 aromatic heterocycles. The van der Waals surface area contributed by atoms with Gasteiger partial charge >= 0.3 is 5.97 Å². The van der Waals surface area contributed by atoms with Crippen LogP contribution in [0.2, 0.25) is 0 Å². The lowest BCUT2D eigenvalue weighted by atomic mass is 10.2. The monoisotopic (exact) mass is 261 g/mol. The fourth-order valence-electron chi connectivity index (χ4n) is 1.80. The Labute approximate surface area is 107 Å². The second-order valence-electron chi connectivity index (χ2n) is 3.81. The van der Waals surface area contributed by atoms with Crippen molar-refractivity contribution in [3.8, 4) is 0 Å². The summed E-state index contributed by atoms with van der Waals surface area (Å²) >= 11 is 0. The standard InChI is InChI=1S/C12H11N3O4/c1-2-15-6-9(12(17)18)10(16)8-4-3-7(5-13-19)14-11(8)15/h3-6,19H,2H2,1H3,(H,17,18)/b13-5-. The molecule has 0 aliphatic heterocycles. The van der Waals surface area contributed by atoms with Crippen LogP contribution in [-0.4, -0.2) is 32.0 Å². The zero-order valence-electron chi connectivity index (χ0n) is 10.1. The maximum Gasteiger partial charge on any atom is 0.341 e. The lowest BCUT2D eigenvalue weighted by Gasteiger charge is -2.09. The van der Waals surface area contributed by atoms with E-state index in [1.807, 2.05) is 6.92 Å². The Balaban J connectivity index is 2.86. The van der Waals surface area contributed by atoms with E-state index in [9.17, 15) is 9.59 Å². The maximum absolute atomic E-state index is 12.0. The van der Waals surface area contributed by atoms with Crippen molar-refractivity contribution in [1.82, 2.24) is 9.55 Å². The number of hydrogen-bond donors (Lipinski definition) is 2. The number of fused-ring (bicyclic) bond motifs is 1. The van der Waals surface area contributed by atoms with Crippen LogP contribution in [0.3, 0.4) is 0 Å². The molecule has 0 saturated carbocycles. The first-order chi connectivity index (χ1) is 9.08. The van der Waals surface area contributed by atoms with Crippen molar-refractivity contribution in [2.24, 2.45) is 5.16 Å². The van der Waals surface area contributed by atoms with Crippen molar-refractivity contribution < 1.29 is 15.1 Å². The van der Waals surface area contributed by atoms with Gasteiger partial charge in [0.05, 0.1) is 17.3 Å². The topological polar surface area (TPSA) is 105 Å². The zero-order chi connectivity index (χ0) is 14.0. The Hall–Kier alpha value is -2.70. The molecule has 0 bridgehead atoms. The molecule has 2 heterocycles. The van der Waals surface area contributed by atoms with Gasteiger partial charge in [-0.2, -0.15) is 0 Å². The van der Waals surface area contributed by atoms with E-state index in [0.29, 0.717) is 17.9 Å². The van der Waals surface area contributed by atoms with Gasteiger partial charge in [0.25, 0.3) is 0 Å². The molecule has 0 radical (unpaired) electrons. The van der Waals surface area contributed by atoms with E-state index < -0.39 is 11.4 Å². The van der Waals surface area contributed by atoms with Gasteiger partial charge in [0, 0.05) is 12.7 Å². The first-order valence-electron chi connectivity index (χ1n) is 5.53. The summed E-state index contributed by atoms with van der Waals surface area (Å²) in [5.74, 6) is -1.27. The summed E-state index contributed by atoms with van der Waals surface area (Å²) < 4.78 is 1.56. The highest BCUT2D eigenvalue weighted by Gasteiger charge is 2.14. The number of rotatable bonds is 3. The van der Waals surface area contributed by atoms with Crippen LogP contribution in [0.5, 0.6) is 0 Å². The van der Waals surface area contributed by atoms with E-state index in [4.69, 9.17) is 10.3 Å². The first kappa shape index (κ1) is 12.7. The minimum atomic E-state index is -1.27. The summed E-state index contributed by atoms with van der Waals surface area (Å²) in [6.45, 7) is 2.27. The molecule has 0 aromatic carbocycles. The molecule has 0 aliphatic rings. The normalized spacial score (nSPS) is 11.2. The average Bonchev–Trinajstić information content (AvgIpc) is 2.39. The molecule has 0 saturated heterocycles. The third-order valence-corrected chi connectivity index (χ3v) is 2.70. The fraction of sp³-hybridized carbons (Fsp3) is 0.167. The molecule has 7 nitrogen and oxygen atoms in total. The van der Waals surface area contributed by atoms with E-state index in [2.05, 4.69) is 10.1 Å². The van der Waals surface area contributed by atoms with Crippen molar-refractivity contribution in [2.45, 2.75) is 13.5 Å². The van der Waals surface area contributed by atoms with Crippen molar-refractivity contribution in [3.05, 3.63) is 39.8 Å². The van der Waals surface area contributed by atoms with Crippen LogP contribution in [0.25, 0.3) is 11.0 Å². The molecule has 0 spiro atoms. The van der Waals surface area contributed by atoms with Gasteiger partial charge in [0.2, 0.25) is 5.43 Å². The number of aryl methyl sites for hydroxylation is 1. The minimum absolute atomic E-state index is 0.219. The van der Waals surface area contributed by atoms with Crippen LogP contribution in [0.4, 0.5) is 0 Å². The summed E-state index contributed by atoms with van der Waals surface area (Å²) in [6, 6.07) is 2.95. The lowest BCUT2D eigenvalue weighted by Crippen LogP contribution is -2.19. The molecule has 7 heteroatoms. The average molecular weight is 261 g/mol. The third-order valence-electron chi connectivity index (χ3n) is 2.70. The van der Waals surface area contributed by atoms with Crippen molar-refractivity contribution >= 4 is 23.2 Å². The Bertz CT molecular complexity index is 734. The molecule has 2 aromatic rings. The molecular formula is C12H11N3O4. The van der Waals surface area contributed by atoms with Gasteiger partial charge < -0.3 is 14.9 Å². The van der Waals surface area contributed by atoms with Crippen LogP contribution in [0.1, 0.15) is 23.0 Å². The van der Waals surface area contributed by atoms with Gasteiger partial charge in [-0.05, 0) is 19.1 Å². The zero-order valence-corrected chi connectivity index (χ0v) is 10.1. The van der Waals surface area contributed by atoms with Gasteiger partial charge in [-0.15, -0.1) is 0 Å². The lowest BCUT2D eigenvalue weighted by molar-refractivity contribution is 0.0695. The SMILES string of the molecule is CCn1cc(C(=O)O)c(=O)c2ccc(/C=N\O)nc21. The van der Waals surface area contributed by atoms with Crippen molar-refractivity contribution in [3.63, 3.8) is 0 Å². The molecule has 0 unspecified atom stereocenters. The van der Waals surface area contributed by atoms with E-state index >= 15 is 0 Å². The molecule has 0 atom stereocenters. The highest BCUT2D eigenvalue weighted by Crippen LogP contribution is 2.10. The Morgan fingerprint density at radius 3 is 2.84 bits per heavy atom. The van der Waals surface area contributed by atoms with Gasteiger partial charge in [-0.25, -0.2) is 9.78 Å². The number of pyridine rings is 2. The van der Waals surface area contributed by atoms with Crippen LogP contribution in [0.15, 0.2) is 28.3 Å². The molecule has 19 heavy (non-hydrogen) atoms. The smallest absolute Gasteiger partial charge is 0.341 e. The minimum Gasteiger partial charge on any atom is -0.477 e. The van der Waals surface area contributed by atoms with E-state index in [1.54, 1.807) is 4.57 Å². The van der Waals surface area contributed by atoms with Crippen LogP contribution in [0, 0.1) is 0 Å². The Morgan fingerprint density at radius 1 is 1.53 bits per heavy atom. The highest BCUT2D eigenvalue weighted by atomic mass is 16.4. The number of aromatic carboxylic acids is 1. The number of carboxylic acid groups (broad SMARTS) is 1. The number of nitrogens with zero attached hydrogens (tertiary/aromatic N) is 3. The van der Waals surface area contributed by atoms with Crippen LogP contribution >= 0.6 is 0 Å². The molecule has 98 valence electrons. The molecule has 0 amide bonds. The molecule has 2 rings (SSSR count). The fourth-order valence-corrected chi connectivity index (χ4v) is 1.80. The van der Waals surface area contributed by atoms with Crippen LogP contribution in [-0.2, 0) is 6.54 Å². The first-order valence-corrected chi connectivity index (χ1v) is 5.53. The second-order valence-corrected chi connectivity index (χ2v) is 3.81. The predicted molar refractivity (Wildman–Crippen MR) is 68.0 cm³/mol. The summed E-state index contributed by atoms with van der Waals surface area (Å²) in [5.41, 5.74) is -0.138. The number of carbonyl (C=O) groups is 1. The second kappa shape index (κ2) is 4.89. The molecule has 0 fully saturated rings. The largest absolute Gasteiger partial charge is 0.477 e. The Morgan fingerprint density at radius 2 is 2.26 bits per heavy atom. The molecule has 2 N–H and O–H groups in total. The summed E-state index contributed by atoms with van der Waals surface area (Å²) in [4.78, 5) is 27.2. The molecule has 0 aliphatic carbocycles. The summed E-state index contributed by atoms with van der Waals surface area (Å²) in [5, 5.41) is 20.6. The molecular weight excluding hydrogens is 250 g/mol. The van der Waals surface area contributed by atoms with E-state index in [1.165, 1.54) is 18.3 Å². The van der Waals surface area contributed by atoms with Crippen LogP contribution < -0.4 is 5.43 Å². The predicted octanol–water partition coefficient (Wildman–Crippen LogP) is 0.923. The van der Waals surface area contributed by atoms with Gasteiger partial charge in [-0.3, -0.25) is 4.79 Å².